The van der Waals surface area contributed by atoms with Gasteiger partial charge in [0, 0.05) is 11.8 Å². The number of fused-ring (bicyclic) bond motifs is 1. The molecule has 1 aromatic carbocycles. The Kier molecular flexibility index (Phi) is 2.95. The van der Waals surface area contributed by atoms with Crippen LogP contribution >= 0.6 is 0 Å². The van der Waals surface area contributed by atoms with E-state index in [0.717, 1.165) is 11.1 Å². The second kappa shape index (κ2) is 4.77. The maximum absolute atomic E-state index is 12.4. The number of rotatable bonds is 2. The zero-order chi connectivity index (χ0) is 14.1. The fourth-order valence-electron chi connectivity index (χ4n) is 2.34. The number of carbonyl (C=O) groups excluding carboxylic acids is 2. The van der Waals surface area contributed by atoms with Crippen molar-refractivity contribution in [3.05, 3.63) is 59.3 Å². The van der Waals surface area contributed by atoms with Gasteiger partial charge in [0.15, 0.2) is 0 Å². The van der Waals surface area contributed by atoms with Gasteiger partial charge in [0.05, 0.1) is 13.0 Å². The molecule has 1 aliphatic rings. The van der Waals surface area contributed by atoms with E-state index < -0.39 is 0 Å². The number of pyridine rings is 1. The van der Waals surface area contributed by atoms with Gasteiger partial charge >= 0.3 is 0 Å². The van der Waals surface area contributed by atoms with Crippen LogP contribution in [0.4, 0.5) is 5.82 Å². The summed E-state index contributed by atoms with van der Waals surface area (Å²) in [5.74, 6) is -0.0730. The Morgan fingerprint density at radius 3 is 2.80 bits per heavy atom. The van der Waals surface area contributed by atoms with Crippen LogP contribution < -0.4 is 5.73 Å². The predicted octanol–water partition coefficient (Wildman–Crippen LogP) is 1.39. The van der Waals surface area contributed by atoms with E-state index in [9.17, 15) is 9.59 Å². The fourth-order valence-corrected chi connectivity index (χ4v) is 2.34. The Bertz CT molecular complexity index is 697. The molecule has 5 nitrogen and oxygen atoms in total. The lowest BCUT2D eigenvalue weighted by molar-refractivity contribution is -0.128. The average Bonchev–Trinajstić information content (AvgIpc) is 2.43. The minimum Gasteiger partial charge on any atom is -0.384 e. The number of amides is 2. The Morgan fingerprint density at radius 1 is 1.20 bits per heavy atom. The number of nitrogen functional groups attached to an aromatic ring is 1. The highest BCUT2D eigenvalue weighted by Gasteiger charge is 2.30. The van der Waals surface area contributed by atoms with Crippen molar-refractivity contribution in [2.75, 3.05) is 5.73 Å². The Labute approximate surface area is 116 Å². The number of carbonyl (C=O) groups is 2. The first-order chi connectivity index (χ1) is 9.65. The standard InChI is InChI=1S/C15H13N3O2/c16-13-7-10(5-6-17-13)9-18-14(19)8-11-3-1-2-4-12(11)15(18)20/h1-7H,8-9H2,(H2,16,17). The van der Waals surface area contributed by atoms with Gasteiger partial charge in [-0.1, -0.05) is 18.2 Å². The first kappa shape index (κ1) is 12.3. The Hall–Kier alpha value is -2.69. The van der Waals surface area contributed by atoms with Crippen molar-refractivity contribution in [2.24, 2.45) is 0 Å². The van der Waals surface area contributed by atoms with Gasteiger partial charge in [0.25, 0.3) is 5.91 Å². The third-order valence-electron chi connectivity index (χ3n) is 3.32. The molecule has 0 atom stereocenters. The van der Waals surface area contributed by atoms with E-state index in [-0.39, 0.29) is 24.8 Å². The molecule has 0 radical (unpaired) electrons. The Morgan fingerprint density at radius 2 is 2.00 bits per heavy atom. The highest BCUT2D eigenvalue weighted by atomic mass is 16.2. The zero-order valence-corrected chi connectivity index (χ0v) is 10.7. The molecule has 5 heteroatoms. The first-order valence-corrected chi connectivity index (χ1v) is 6.28. The molecule has 0 saturated carbocycles. The van der Waals surface area contributed by atoms with Crippen LogP contribution in [0.15, 0.2) is 42.6 Å². The van der Waals surface area contributed by atoms with E-state index in [4.69, 9.17) is 5.73 Å². The second-order valence-electron chi connectivity index (χ2n) is 4.71. The predicted molar refractivity (Wildman–Crippen MR) is 73.7 cm³/mol. The molecule has 100 valence electrons. The molecule has 0 spiro atoms. The summed E-state index contributed by atoms with van der Waals surface area (Å²) in [6.45, 7) is 0.221. The summed E-state index contributed by atoms with van der Waals surface area (Å²) in [6.07, 6.45) is 1.82. The van der Waals surface area contributed by atoms with Gasteiger partial charge < -0.3 is 5.73 Å². The summed E-state index contributed by atoms with van der Waals surface area (Å²) in [6, 6.07) is 10.6. The van der Waals surface area contributed by atoms with E-state index >= 15 is 0 Å². The minimum absolute atomic E-state index is 0.191. The molecule has 2 aromatic rings. The lowest BCUT2D eigenvalue weighted by Crippen LogP contribution is -2.41. The molecule has 0 bridgehead atoms. The third-order valence-corrected chi connectivity index (χ3v) is 3.32. The smallest absolute Gasteiger partial charge is 0.261 e. The van der Waals surface area contributed by atoms with Crippen LogP contribution in [0.25, 0.3) is 0 Å². The summed E-state index contributed by atoms with van der Waals surface area (Å²) in [4.78, 5) is 29.6. The number of hydrogen-bond acceptors (Lipinski definition) is 4. The topological polar surface area (TPSA) is 76.3 Å². The normalized spacial score (nSPS) is 14.3. The van der Waals surface area contributed by atoms with Crippen molar-refractivity contribution in [3.63, 3.8) is 0 Å². The lowest BCUT2D eigenvalue weighted by Gasteiger charge is -2.26. The van der Waals surface area contributed by atoms with E-state index in [2.05, 4.69) is 4.98 Å². The van der Waals surface area contributed by atoms with Crippen molar-refractivity contribution in [1.29, 1.82) is 0 Å². The number of aromatic nitrogens is 1. The quantitative estimate of drug-likeness (QED) is 0.834. The summed E-state index contributed by atoms with van der Waals surface area (Å²) in [5.41, 5.74) is 7.78. The minimum atomic E-state index is -0.257. The summed E-state index contributed by atoms with van der Waals surface area (Å²) in [7, 11) is 0. The Balaban J connectivity index is 1.91. The van der Waals surface area contributed by atoms with E-state index in [1.807, 2.05) is 12.1 Å². The van der Waals surface area contributed by atoms with Crippen LogP contribution in [0.1, 0.15) is 21.5 Å². The summed E-state index contributed by atoms with van der Waals surface area (Å²) in [5, 5.41) is 0. The molecule has 2 amide bonds. The molecule has 20 heavy (non-hydrogen) atoms. The number of anilines is 1. The van der Waals surface area contributed by atoms with E-state index in [0.29, 0.717) is 11.4 Å². The molecule has 2 heterocycles. The van der Waals surface area contributed by atoms with Gasteiger partial charge in [0.1, 0.15) is 5.82 Å². The summed E-state index contributed by atoms with van der Waals surface area (Å²) < 4.78 is 0. The monoisotopic (exact) mass is 267 g/mol. The number of nitrogens with two attached hydrogens (primary N) is 1. The van der Waals surface area contributed by atoms with Gasteiger partial charge in [-0.05, 0) is 29.3 Å². The lowest BCUT2D eigenvalue weighted by atomic mass is 9.98. The third kappa shape index (κ3) is 2.14. The van der Waals surface area contributed by atoms with Crippen LogP contribution in [-0.4, -0.2) is 21.7 Å². The van der Waals surface area contributed by atoms with Crippen LogP contribution in [0.2, 0.25) is 0 Å². The highest BCUT2D eigenvalue weighted by molar-refractivity contribution is 6.09. The van der Waals surface area contributed by atoms with Gasteiger partial charge in [-0.2, -0.15) is 0 Å². The van der Waals surface area contributed by atoms with Crippen molar-refractivity contribution >= 4 is 17.6 Å². The molecule has 0 fully saturated rings. The van der Waals surface area contributed by atoms with Gasteiger partial charge in [0.2, 0.25) is 5.91 Å². The largest absolute Gasteiger partial charge is 0.384 e. The molecule has 2 N–H and O–H groups in total. The average molecular weight is 267 g/mol. The van der Waals surface area contributed by atoms with Gasteiger partial charge in [-0.3, -0.25) is 14.5 Å². The summed E-state index contributed by atoms with van der Waals surface area (Å²) >= 11 is 0. The molecule has 0 aliphatic carbocycles. The molecule has 1 aliphatic heterocycles. The number of nitrogens with zero attached hydrogens (tertiary/aromatic N) is 2. The van der Waals surface area contributed by atoms with Crippen molar-refractivity contribution in [1.82, 2.24) is 9.88 Å². The maximum Gasteiger partial charge on any atom is 0.261 e. The van der Waals surface area contributed by atoms with Crippen molar-refractivity contribution in [3.8, 4) is 0 Å². The van der Waals surface area contributed by atoms with E-state index in [1.165, 1.54) is 4.90 Å². The number of hydrogen-bond donors (Lipinski definition) is 1. The van der Waals surface area contributed by atoms with Crippen LogP contribution in [0.3, 0.4) is 0 Å². The zero-order valence-electron chi connectivity index (χ0n) is 10.7. The van der Waals surface area contributed by atoms with Gasteiger partial charge in [-0.25, -0.2) is 4.98 Å². The second-order valence-corrected chi connectivity index (χ2v) is 4.71. The molecule has 1 aromatic heterocycles. The van der Waals surface area contributed by atoms with Crippen LogP contribution in [-0.2, 0) is 17.8 Å². The SMILES string of the molecule is Nc1cc(CN2C(=O)Cc3ccccc3C2=O)ccn1. The fraction of sp³-hybridized carbons (Fsp3) is 0.133. The van der Waals surface area contributed by atoms with E-state index in [1.54, 1.807) is 30.5 Å². The number of imide groups is 1. The molecule has 0 unspecified atom stereocenters. The highest BCUT2D eigenvalue weighted by Crippen LogP contribution is 2.21. The van der Waals surface area contributed by atoms with Crippen LogP contribution in [0, 0.1) is 0 Å². The molecule has 0 saturated heterocycles. The van der Waals surface area contributed by atoms with Gasteiger partial charge in [-0.15, -0.1) is 0 Å². The molecule has 3 rings (SSSR count). The number of benzene rings is 1. The molecular formula is C15H13N3O2. The van der Waals surface area contributed by atoms with Crippen molar-refractivity contribution < 1.29 is 9.59 Å². The van der Waals surface area contributed by atoms with Crippen molar-refractivity contribution in [2.45, 2.75) is 13.0 Å². The van der Waals surface area contributed by atoms with Crippen LogP contribution in [0.5, 0.6) is 0 Å². The maximum atomic E-state index is 12.4. The molecular weight excluding hydrogens is 254 g/mol. The first-order valence-electron chi connectivity index (χ1n) is 6.28.